The van der Waals surface area contributed by atoms with Gasteiger partial charge in [-0.25, -0.2) is 0 Å². The average Bonchev–Trinajstić information content (AvgIpc) is 2.56. The minimum Gasteiger partial charge on any atom is -0.486 e. The fraction of sp³-hybridized carbons (Fsp3) is 0.500. The van der Waals surface area contributed by atoms with Crippen LogP contribution in [0, 0.1) is 0 Å². The van der Waals surface area contributed by atoms with Gasteiger partial charge in [0.25, 0.3) is 0 Å². The molecule has 1 aromatic carbocycles. The highest BCUT2D eigenvalue weighted by Crippen LogP contribution is 2.41. The van der Waals surface area contributed by atoms with E-state index in [0.29, 0.717) is 36.9 Å². The number of ether oxygens (including phenoxy) is 2. The van der Waals surface area contributed by atoms with Gasteiger partial charge >= 0.3 is 0 Å². The lowest BCUT2D eigenvalue weighted by molar-refractivity contribution is -0.123. The van der Waals surface area contributed by atoms with Crippen molar-refractivity contribution in [2.24, 2.45) is 0 Å². The number of rotatable bonds is 5. The molecule has 124 valence electrons. The Morgan fingerprint density at radius 3 is 2.78 bits per heavy atom. The third kappa shape index (κ3) is 3.33. The molecule has 0 radical (unpaired) electrons. The monoisotopic (exact) mass is 319 g/mol. The summed E-state index contributed by atoms with van der Waals surface area (Å²) in [7, 11) is 0. The number of anilines is 2. The van der Waals surface area contributed by atoms with Crippen LogP contribution in [-0.4, -0.2) is 44.7 Å². The number of carbonyl (C=O) groups is 2. The van der Waals surface area contributed by atoms with Crippen molar-refractivity contribution in [1.82, 2.24) is 5.32 Å². The summed E-state index contributed by atoms with van der Waals surface area (Å²) < 4.78 is 11.1. The zero-order valence-corrected chi connectivity index (χ0v) is 13.2. The molecule has 0 bridgehead atoms. The lowest BCUT2D eigenvalue weighted by Crippen LogP contribution is -2.46. The van der Waals surface area contributed by atoms with Gasteiger partial charge in [0.05, 0.1) is 17.9 Å². The number of amides is 2. The van der Waals surface area contributed by atoms with Crippen molar-refractivity contribution in [3.8, 4) is 11.5 Å². The molecule has 0 spiro atoms. The quantitative estimate of drug-likeness (QED) is 0.796. The molecule has 0 aromatic heterocycles. The molecule has 2 N–H and O–H groups in total. The van der Waals surface area contributed by atoms with Gasteiger partial charge in [-0.05, 0) is 6.42 Å². The first-order valence-corrected chi connectivity index (χ1v) is 7.93. The van der Waals surface area contributed by atoms with E-state index in [0.717, 1.165) is 18.5 Å². The van der Waals surface area contributed by atoms with E-state index in [1.165, 1.54) is 4.90 Å². The molecule has 7 nitrogen and oxygen atoms in total. The second-order valence-corrected chi connectivity index (χ2v) is 5.55. The number of fused-ring (bicyclic) bond motifs is 2. The molecule has 1 aromatic rings. The topological polar surface area (TPSA) is 79.9 Å². The summed E-state index contributed by atoms with van der Waals surface area (Å²) in [5.41, 5.74) is 1.42. The molecule has 0 fully saturated rings. The van der Waals surface area contributed by atoms with Gasteiger partial charge in [-0.1, -0.05) is 13.3 Å². The van der Waals surface area contributed by atoms with E-state index in [1.54, 1.807) is 6.07 Å². The highest BCUT2D eigenvalue weighted by molar-refractivity contribution is 6.06. The fourth-order valence-electron chi connectivity index (χ4n) is 2.62. The van der Waals surface area contributed by atoms with E-state index in [1.807, 2.05) is 6.07 Å². The molecular formula is C16H21N3O4. The van der Waals surface area contributed by atoms with Crippen molar-refractivity contribution in [3.63, 3.8) is 0 Å². The first-order valence-electron chi connectivity index (χ1n) is 7.93. The molecule has 23 heavy (non-hydrogen) atoms. The summed E-state index contributed by atoms with van der Waals surface area (Å²) >= 11 is 0. The van der Waals surface area contributed by atoms with Crippen molar-refractivity contribution in [1.29, 1.82) is 0 Å². The molecule has 0 aliphatic carbocycles. The highest BCUT2D eigenvalue weighted by atomic mass is 16.6. The molecular weight excluding hydrogens is 298 g/mol. The van der Waals surface area contributed by atoms with E-state index in [-0.39, 0.29) is 24.9 Å². The van der Waals surface area contributed by atoms with E-state index in [4.69, 9.17) is 9.47 Å². The third-order valence-electron chi connectivity index (χ3n) is 3.84. The predicted molar refractivity (Wildman–Crippen MR) is 86.2 cm³/mol. The van der Waals surface area contributed by atoms with Gasteiger partial charge in [0.2, 0.25) is 11.8 Å². The van der Waals surface area contributed by atoms with Crippen LogP contribution in [0.1, 0.15) is 19.8 Å². The van der Waals surface area contributed by atoms with Crippen molar-refractivity contribution in [2.45, 2.75) is 19.8 Å². The maximum Gasteiger partial charge on any atom is 0.246 e. The summed E-state index contributed by atoms with van der Waals surface area (Å²) in [6.07, 6.45) is 1.94. The molecule has 3 rings (SSSR count). The average molecular weight is 319 g/mol. The van der Waals surface area contributed by atoms with E-state index >= 15 is 0 Å². The van der Waals surface area contributed by atoms with Gasteiger partial charge in [0.1, 0.15) is 19.8 Å². The second-order valence-electron chi connectivity index (χ2n) is 5.55. The number of hydrogen-bond donors (Lipinski definition) is 2. The van der Waals surface area contributed by atoms with Crippen LogP contribution in [0.4, 0.5) is 11.4 Å². The summed E-state index contributed by atoms with van der Waals surface area (Å²) in [5.74, 6) is 0.960. The summed E-state index contributed by atoms with van der Waals surface area (Å²) in [6, 6.07) is 3.57. The lowest BCUT2D eigenvalue weighted by Gasteiger charge is -2.31. The number of nitrogens with one attached hydrogen (secondary N) is 2. The normalized spacial score (nSPS) is 15.7. The van der Waals surface area contributed by atoms with Crippen LogP contribution in [0.15, 0.2) is 12.1 Å². The number of hydrogen-bond acceptors (Lipinski definition) is 5. The standard InChI is InChI=1S/C16H21N3O4/c1-2-3-4-17-15(20)10-19-12-8-14-13(22-5-6-23-14)7-11(12)18-9-16(19)21/h7-8,18H,2-6,9-10H2,1H3,(H,17,20). The smallest absolute Gasteiger partial charge is 0.246 e. The summed E-state index contributed by atoms with van der Waals surface area (Å²) in [6.45, 7) is 3.85. The van der Waals surface area contributed by atoms with Crippen LogP contribution < -0.4 is 25.0 Å². The Morgan fingerprint density at radius 2 is 2.04 bits per heavy atom. The Bertz CT molecular complexity index is 618. The number of nitrogens with zero attached hydrogens (tertiary/aromatic N) is 1. The van der Waals surface area contributed by atoms with Crippen LogP contribution in [0.25, 0.3) is 0 Å². The first kappa shape index (κ1) is 15.5. The summed E-state index contributed by atoms with van der Waals surface area (Å²) in [4.78, 5) is 25.7. The van der Waals surface area contributed by atoms with Crippen LogP contribution in [-0.2, 0) is 9.59 Å². The second kappa shape index (κ2) is 6.76. The first-order chi connectivity index (χ1) is 11.2. The molecule has 2 amide bonds. The SMILES string of the molecule is CCCCNC(=O)CN1C(=O)CNc2cc3c(cc21)OCCO3. The van der Waals surface area contributed by atoms with Crippen LogP contribution in [0.2, 0.25) is 0 Å². The Kier molecular flexibility index (Phi) is 4.55. The van der Waals surface area contributed by atoms with Gasteiger partial charge < -0.3 is 20.1 Å². The molecule has 0 atom stereocenters. The zero-order chi connectivity index (χ0) is 16.2. The Balaban J connectivity index is 1.79. The highest BCUT2D eigenvalue weighted by Gasteiger charge is 2.28. The van der Waals surface area contributed by atoms with Crippen molar-refractivity contribution in [2.75, 3.05) is 43.1 Å². The Labute approximate surface area is 134 Å². The fourth-order valence-corrected chi connectivity index (χ4v) is 2.62. The van der Waals surface area contributed by atoms with Gasteiger partial charge in [0.15, 0.2) is 11.5 Å². The number of unbranched alkanes of at least 4 members (excludes halogenated alkanes) is 1. The van der Waals surface area contributed by atoms with E-state index in [9.17, 15) is 9.59 Å². The Hall–Kier alpha value is -2.44. The lowest BCUT2D eigenvalue weighted by atomic mass is 10.1. The van der Waals surface area contributed by atoms with Gasteiger partial charge in [-0.2, -0.15) is 0 Å². The molecule has 2 aliphatic heterocycles. The number of benzene rings is 1. The predicted octanol–water partition coefficient (Wildman–Crippen LogP) is 1.13. The van der Waals surface area contributed by atoms with Crippen molar-refractivity contribution >= 4 is 23.2 Å². The third-order valence-corrected chi connectivity index (χ3v) is 3.84. The van der Waals surface area contributed by atoms with Gasteiger partial charge in [-0.15, -0.1) is 0 Å². The minimum absolute atomic E-state index is 0.0108. The van der Waals surface area contributed by atoms with Crippen molar-refractivity contribution in [3.05, 3.63) is 12.1 Å². The molecule has 0 unspecified atom stereocenters. The molecule has 2 aliphatic rings. The largest absolute Gasteiger partial charge is 0.486 e. The van der Waals surface area contributed by atoms with E-state index < -0.39 is 0 Å². The zero-order valence-electron chi connectivity index (χ0n) is 13.2. The van der Waals surface area contributed by atoms with Gasteiger partial charge in [0, 0.05) is 18.7 Å². The van der Waals surface area contributed by atoms with E-state index in [2.05, 4.69) is 17.6 Å². The van der Waals surface area contributed by atoms with Crippen LogP contribution >= 0.6 is 0 Å². The Morgan fingerprint density at radius 1 is 1.30 bits per heavy atom. The molecule has 0 saturated heterocycles. The minimum atomic E-state index is -0.158. The molecule has 7 heteroatoms. The maximum absolute atomic E-state index is 12.2. The van der Waals surface area contributed by atoms with Crippen molar-refractivity contribution < 1.29 is 19.1 Å². The maximum atomic E-state index is 12.2. The van der Waals surface area contributed by atoms with Crippen LogP contribution in [0.3, 0.4) is 0 Å². The number of carbonyl (C=O) groups excluding carboxylic acids is 2. The molecule has 0 saturated carbocycles. The van der Waals surface area contributed by atoms with Crippen LogP contribution in [0.5, 0.6) is 11.5 Å². The molecule has 2 heterocycles. The van der Waals surface area contributed by atoms with Gasteiger partial charge in [-0.3, -0.25) is 14.5 Å². The summed E-state index contributed by atoms with van der Waals surface area (Å²) in [5, 5.41) is 5.89.